The van der Waals surface area contributed by atoms with Crippen LogP contribution in [0.2, 0.25) is 0 Å². The van der Waals surface area contributed by atoms with E-state index in [4.69, 9.17) is 12.2 Å². The Labute approximate surface area is 88.8 Å². The van der Waals surface area contributed by atoms with Gasteiger partial charge >= 0.3 is 0 Å². The van der Waals surface area contributed by atoms with E-state index in [1.165, 1.54) is 5.57 Å². The van der Waals surface area contributed by atoms with Crippen LogP contribution in [0.4, 0.5) is 0 Å². The Morgan fingerprint density at radius 2 is 1.93 bits per heavy atom. The summed E-state index contributed by atoms with van der Waals surface area (Å²) in [6, 6.07) is 0.108. The Kier molecular flexibility index (Phi) is 5.57. The predicted molar refractivity (Wildman–Crippen MR) is 63.7 cm³/mol. The molecule has 4 unspecified atom stereocenters. The minimum Gasteiger partial charge on any atom is -0.327 e. The molecule has 1 heteroatoms. The fourth-order valence-electron chi connectivity index (χ4n) is 1.45. The first-order chi connectivity index (χ1) is 6.40. The van der Waals surface area contributed by atoms with Crippen molar-refractivity contribution in [2.75, 3.05) is 0 Å². The molecule has 0 saturated carbocycles. The van der Waals surface area contributed by atoms with Crippen LogP contribution in [0.5, 0.6) is 0 Å². The zero-order valence-corrected chi connectivity index (χ0v) is 9.88. The van der Waals surface area contributed by atoms with Crippen LogP contribution in [0.1, 0.15) is 34.1 Å². The second kappa shape index (κ2) is 5.88. The average molecular weight is 193 g/mol. The van der Waals surface area contributed by atoms with Crippen LogP contribution in [-0.4, -0.2) is 6.04 Å². The molecule has 80 valence electrons. The lowest BCUT2D eigenvalue weighted by Crippen LogP contribution is -2.31. The highest BCUT2D eigenvalue weighted by Gasteiger charge is 2.18. The van der Waals surface area contributed by atoms with Gasteiger partial charge in [0.25, 0.3) is 0 Å². The number of allylic oxidation sites excluding steroid dienone is 1. The van der Waals surface area contributed by atoms with Gasteiger partial charge in [-0.05, 0) is 32.1 Å². The highest BCUT2D eigenvalue weighted by Crippen LogP contribution is 2.23. The maximum atomic E-state index is 5.99. The molecule has 0 rings (SSSR count). The minimum atomic E-state index is 0.108. The van der Waals surface area contributed by atoms with Crippen LogP contribution in [0.15, 0.2) is 12.2 Å². The van der Waals surface area contributed by atoms with Gasteiger partial charge in [-0.15, -0.1) is 12.3 Å². The highest BCUT2D eigenvalue weighted by atomic mass is 14.6. The van der Waals surface area contributed by atoms with Crippen molar-refractivity contribution in [3.63, 3.8) is 0 Å². The summed E-state index contributed by atoms with van der Waals surface area (Å²) in [5.74, 6) is 3.93. The van der Waals surface area contributed by atoms with Crippen LogP contribution >= 0.6 is 0 Å². The van der Waals surface area contributed by atoms with Crippen molar-refractivity contribution in [3.8, 4) is 12.3 Å². The van der Waals surface area contributed by atoms with Crippen molar-refractivity contribution in [2.45, 2.75) is 40.2 Å². The second-order valence-corrected chi connectivity index (χ2v) is 4.47. The van der Waals surface area contributed by atoms with Gasteiger partial charge in [0.2, 0.25) is 0 Å². The lowest BCUT2D eigenvalue weighted by atomic mass is 9.83. The zero-order chi connectivity index (χ0) is 11.3. The van der Waals surface area contributed by atoms with E-state index in [0.717, 1.165) is 6.42 Å². The van der Waals surface area contributed by atoms with Crippen molar-refractivity contribution in [2.24, 2.45) is 23.5 Å². The Hall–Kier alpha value is -0.740. The molecule has 0 aromatic heterocycles. The van der Waals surface area contributed by atoms with Gasteiger partial charge in [0.05, 0.1) is 0 Å². The smallest absolute Gasteiger partial charge is 0.0323 e. The molecule has 1 nitrogen and oxygen atoms in total. The summed E-state index contributed by atoms with van der Waals surface area (Å²) in [4.78, 5) is 0. The molecule has 0 aliphatic carbocycles. The van der Waals surface area contributed by atoms with E-state index in [2.05, 4.69) is 33.3 Å². The number of hydrogen-bond acceptors (Lipinski definition) is 1. The number of terminal acetylenes is 1. The van der Waals surface area contributed by atoms with Crippen LogP contribution in [0, 0.1) is 30.1 Å². The van der Waals surface area contributed by atoms with E-state index in [0.29, 0.717) is 11.8 Å². The van der Waals surface area contributed by atoms with E-state index in [1.54, 1.807) is 0 Å². The quantitative estimate of drug-likeness (QED) is 0.527. The van der Waals surface area contributed by atoms with Gasteiger partial charge in [-0.2, -0.15) is 0 Å². The van der Waals surface area contributed by atoms with Gasteiger partial charge in [0, 0.05) is 12.0 Å². The van der Waals surface area contributed by atoms with Crippen LogP contribution in [0.25, 0.3) is 0 Å². The maximum absolute atomic E-state index is 5.99. The molecule has 0 saturated heterocycles. The molecule has 0 aromatic rings. The number of rotatable bonds is 5. The highest BCUT2D eigenvalue weighted by molar-refractivity contribution is 4.99. The lowest BCUT2D eigenvalue weighted by molar-refractivity contribution is 0.351. The molecule has 2 N–H and O–H groups in total. The summed E-state index contributed by atoms with van der Waals surface area (Å²) in [5.41, 5.74) is 7.21. The third-order valence-electron chi connectivity index (χ3n) is 3.18. The molecule has 4 atom stereocenters. The SMILES string of the molecule is C#CC(C)C(N)CC(C)C(C)C(=C)C. The third-order valence-corrected chi connectivity index (χ3v) is 3.18. The van der Waals surface area contributed by atoms with E-state index in [1.807, 2.05) is 6.92 Å². The molecule has 0 amide bonds. The maximum Gasteiger partial charge on any atom is 0.0323 e. The van der Waals surface area contributed by atoms with Crippen LogP contribution in [0.3, 0.4) is 0 Å². The summed E-state index contributed by atoms with van der Waals surface area (Å²) in [6.07, 6.45) is 6.31. The Morgan fingerprint density at radius 3 is 2.29 bits per heavy atom. The normalized spacial score (nSPS) is 19.1. The molecular formula is C13H23N. The van der Waals surface area contributed by atoms with E-state index in [9.17, 15) is 0 Å². The molecule has 0 aliphatic rings. The molecule has 0 radical (unpaired) electrons. The molecular weight excluding hydrogens is 170 g/mol. The molecule has 0 fully saturated rings. The minimum absolute atomic E-state index is 0.108. The van der Waals surface area contributed by atoms with Crippen molar-refractivity contribution in [3.05, 3.63) is 12.2 Å². The molecule has 0 aliphatic heterocycles. The fourth-order valence-corrected chi connectivity index (χ4v) is 1.45. The summed E-state index contributed by atoms with van der Waals surface area (Å²) in [6.45, 7) is 12.4. The van der Waals surface area contributed by atoms with Gasteiger partial charge in [-0.1, -0.05) is 26.0 Å². The predicted octanol–water partition coefficient (Wildman–Crippen LogP) is 2.82. The first kappa shape index (κ1) is 13.3. The van der Waals surface area contributed by atoms with Crippen molar-refractivity contribution in [1.29, 1.82) is 0 Å². The van der Waals surface area contributed by atoms with Gasteiger partial charge < -0.3 is 5.73 Å². The second-order valence-electron chi connectivity index (χ2n) is 4.47. The molecule has 0 aromatic carbocycles. The lowest BCUT2D eigenvalue weighted by Gasteiger charge is -2.24. The van der Waals surface area contributed by atoms with Crippen molar-refractivity contribution in [1.82, 2.24) is 0 Å². The zero-order valence-electron chi connectivity index (χ0n) is 9.88. The Balaban J connectivity index is 4.13. The molecule has 14 heavy (non-hydrogen) atoms. The van der Waals surface area contributed by atoms with Crippen molar-refractivity contribution >= 4 is 0 Å². The summed E-state index contributed by atoms with van der Waals surface area (Å²) in [7, 11) is 0. The summed E-state index contributed by atoms with van der Waals surface area (Å²) < 4.78 is 0. The summed E-state index contributed by atoms with van der Waals surface area (Å²) in [5, 5.41) is 0. The van der Waals surface area contributed by atoms with E-state index < -0.39 is 0 Å². The standard InChI is InChI=1S/C13H23N/c1-7-10(4)13(14)8-11(5)12(6)9(2)3/h1,10-13H,2,8,14H2,3-6H3. The average Bonchev–Trinajstić information content (AvgIpc) is 2.14. The summed E-state index contributed by atoms with van der Waals surface area (Å²) >= 11 is 0. The molecule has 0 heterocycles. The molecule has 0 bridgehead atoms. The van der Waals surface area contributed by atoms with Gasteiger partial charge in [0.1, 0.15) is 0 Å². The largest absolute Gasteiger partial charge is 0.327 e. The van der Waals surface area contributed by atoms with E-state index in [-0.39, 0.29) is 12.0 Å². The van der Waals surface area contributed by atoms with Crippen molar-refractivity contribution < 1.29 is 0 Å². The van der Waals surface area contributed by atoms with Crippen LogP contribution in [-0.2, 0) is 0 Å². The Bertz CT molecular complexity index is 224. The van der Waals surface area contributed by atoms with Crippen LogP contribution < -0.4 is 5.73 Å². The van der Waals surface area contributed by atoms with E-state index >= 15 is 0 Å². The fraction of sp³-hybridized carbons (Fsp3) is 0.692. The first-order valence-corrected chi connectivity index (χ1v) is 5.27. The Morgan fingerprint density at radius 1 is 1.43 bits per heavy atom. The topological polar surface area (TPSA) is 26.0 Å². The molecule has 0 spiro atoms. The van der Waals surface area contributed by atoms with Gasteiger partial charge in [-0.25, -0.2) is 0 Å². The number of hydrogen-bond donors (Lipinski definition) is 1. The monoisotopic (exact) mass is 193 g/mol. The van der Waals surface area contributed by atoms with Gasteiger partial charge in [-0.3, -0.25) is 0 Å². The first-order valence-electron chi connectivity index (χ1n) is 5.27. The third kappa shape index (κ3) is 3.98. The van der Waals surface area contributed by atoms with Gasteiger partial charge in [0.15, 0.2) is 0 Å². The number of nitrogens with two attached hydrogens (primary N) is 1.